The lowest BCUT2D eigenvalue weighted by Gasteiger charge is -2.07. The highest BCUT2D eigenvalue weighted by molar-refractivity contribution is 6.01. The van der Waals surface area contributed by atoms with Crippen molar-refractivity contribution < 1.29 is 9.21 Å². The SMILES string of the molecule is C=CC(=O)NCc1cccc(-c2ncnc3[nH]cc(-c4nnc(C)o4)c23)c1. The Labute approximate surface area is 154 Å². The second kappa shape index (κ2) is 6.83. The fraction of sp³-hybridized carbons (Fsp3) is 0.105. The highest BCUT2D eigenvalue weighted by atomic mass is 16.4. The van der Waals surface area contributed by atoms with Crippen molar-refractivity contribution in [3.8, 4) is 22.7 Å². The minimum atomic E-state index is -0.218. The highest BCUT2D eigenvalue weighted by Crippen LogP contribution is 2.33. The Morgan fingerprint density at radius 3 is 3.00 bits per heavy atom. The molecule has 0 aliphatic carbocycles. The van der Waals surface area contributed by atoms with E-state index in [1.54, 1.807) is 13.1 Å². The van der Waals surface area contributed by atoms with Gasteiger partial charge in [-0.05, 0) is 17.7 Å². The van der Waals surface area contributed by atoms with Crippen LogP contribution in [0.15, 0.2) is 53.9 Å². The van der Waals surface area contributed by atoms with Gasteiger partial charge in [-0.25, -0.2) is 9.97 Å². The number of hydrogen-bond acceptors (Lipinski definition) is 6. The van der Waals surface area contributed by atoms with Gasteiger partial charge in [0.05, 0.1) is 16.6 Å². The van der Waals surface area contributed by atoms with Crippen LogP contribution in [-0.4, -0.2) is 31.1 Å². The summed E-state index contributed by atoms with van der Waals surface area (Å²) in [6.45, 7) is 5.59. The van der Waals surface area contributed by atoms with E-state index in [0.29, 0.717) is 24.0 Å². The number of hydrogen-bond donors (Lipinski definition) is 2. The normalized spacial score (nSPS) is 10.9. The van der Waals surface area contributed by atoms with Gasteiger partial charge in [-0.2, -0.15) is 0 Å². The van der Waals surface area contributed by atoms with Gasteiger partial charge in [0.1, 0.15) is 12.0 Å². The first-order valence-corrected chi connectivity index (χ1v) is 8.28. The summed E-state index contributed by atoms with van der Waals surface area (Å²) in [6, 6.07) is 7.78. The first-order valence-electron chi connectivity index (χ1n) is 8.28. The second-order valence-electron chi connectivity index (χ2n) is 5.90. The number of amides is 1. The molecule has 0 bridgehead atoms. The summed E-state index contributed by atoms with van der Waals surface area (Å²) in [4.78, 5) is 23.3. The summed E-state index contributed by atoms with van der Waals surface area (Å²) >= 11 is 0. The number of nitrogens with zero attached hydrogens (tertiary/aromatic N) is 4. The third-order valence-electron chi connectivity index (χ3n) is 4.08. The summed E-state index contributed by atoms with van der Waals surface area (Å²) in [5.41, 5.74) is 4.00. The van der Waals surface area contributed by atoms with E-state index in [1.807, 2.05) is 24.3 Å². The Hall–Kier alpha value is -3.81. The van der Waals surface area contributed by atoms with Crippen molar-refractivity contribution in [3.63, 3.8) is 0 Å². The Kier molecular flexibility index (Phi) is 4.21. The predicted molar refractivity (Wildman–Crippen MR) is 99.4 cm³/mol. The van der Waals surface area contributed by atoms with Crippen LogP contribution in [0.2, 0.25) is 0 Å². The van der Waals surface area contributed by atoms with Gasteiger partial charge >= 0.3 is 0 Å². The number of carbonyl (C=O) groups is 1. The topological polar surface area (TPSA) is 110 Å². The fourth-order valence-electron chi connectivity index (χ4n) is 2.85. The van der Waals surface area contributed by atoms with E-state index in [1.165, 1.54) is 12.4 Å². The predicted octanol–water partition coefficient (Wildman–Crippen LogP) is 2.79. The first-order chi connectivity index (χ1) is 13.2. The molecule has 1 aromatic carbocycles. The minimum Gasteiger partial charge on any atom is -0.421 e. The van der Waals surface area contributed by atoms with Crippen LogP contribution < -0.4 is 5.32 Å². The molecule has 3 heterocycles. The van der Waals surface area contributed by atoms with Crippen molar-refractivity contribution in [1.82, 2.24) is 30.5 Å². The van der Waals surface area contributed by atoms with Gasteiger partial charge in [-0.1, -0.05) is 24.8 Å². The summed E-state index contributed by atoms with van der Waals surface area (Å²) in [6.07, 6.45) is 4.53. The maximum absolute atomic E-state index is 11.4. The number of aromatic amines is 1. The molecule has 3 aromatic heterocycles. The Bertz CT molecular complexity index is 1140. The minimum absolute atomic E-state index is 0.218. The van der Waals surface area contributed by atoms with Crippen molar-refractivity contribution in [3.05, 3.63) is 60.9 Å². The van der Waals surface area contributed by atoms with E-state index >= 15 is 0 Å². The van der Waals surface area contributed by atoms with Gasteiger partial charge in [-0.15, -0.1) is 10.2 Å². The lowest BCUT2D eigenvalue weighted by atomic mass is 10.0. The molecule has 0 radical (unpaired) electrons. The second-order valence-corrected chi connectivity index (χ2v) is 5.90. The third-order valence-corrected chi connectivity index (χ3v) is 4.08. The standard InChI is InChI=1S/C19H16N6O2/c1-3-15(26)20-8-12-5-4-6-13(7-12)17-16-14(19-25-24-11(2)27-19)9-21-18(16)23-10-22-17/h3-7,9-10H,1,8H2,2H3,(H,20,26)(H,21,22,23). The highest BCUT2D eigenvalue weighted by Gasteiger charge is 2.18. The number of aromatic nitrogens is 5. The van der Waals surface area contributed by atoms with Gasteiger partial charge in [0.15, 0.2) is 0 Å². The van der Waals surface area contributed by atoms with Crippen molar-refractivity contribution in [2.24, 2.45) is 0 Å². The zero-order chi connectivity index (χ0) is 18.8. The zero-order valence-electron chi connectivity index (χ0n) is 14.6. The number of fused-ring (bicyclic) bond motifs is 1. The molecule has 0 aliphatic rings. The van der Waals surface area contributed by atoms with Gasteiger partial charge in [0, 0.05) is 25.2 Å². The number of carbonyl (C=O) groups excluding carboxylic acids is 1. The molecule has 4 aromatic rings. The lowest BCUT2D eigenvalue weighted by molar-refractivity contribution is -0.116. The van der Waals surface area contributed by atoms with E-state index in [2.05, 4.69) is 37.0 Å². The van der Waals surface area contributed by atoms with Gasteiger partial charge in [0.25, 0.3) is 0 Å². The van der Waals surface area contributed by atoms with E-state index in [-0.39, 0.29) is 5.91 Å². The Morgan fingerprint density at radius 2 is 2.22 bits per heavy atom. The number of aryl methyl sites for hydroxylation is 1. The molecule has 2 N–H and O–H groups in total. The Balaban J connectivity index is 1.79. The number of nitrogens with one attached hydrogen (secondary N) is 2. The monoisotopic (exact) mass is 360 g/mol. The smallest absolute Gasteiger partial charge is 0.250 e. The van der Waals surface area contributed by atoms with E-state index in [9.17, 15) is 4.79 Å². The van der Waals surface area contributed by atoms with Crippen LogP contribution in [0.3, 0.4) is 0 Å². The molecule has 4 rings (SSSR count). The van der Waals surface area contributed by atoms with Crippen molar-refractivity contribution >= 4 is 16.9 Å². The molecule has 27 heavy (non-hydrogen) atoms. The average molecular weight is 360 g/mol. The van der Waals surface area contributed by atoms with E-state index < -0.39 is 0 Å². The fourth-order valence-corrected chi connectivity index (χ4v) is 2.85. The molecule has 0 atom stereocenters. The number of rotatable bonds is 5. The molecule has 0 saturated carbocycles. The third kappa shape index (κ3) is 3.20. The quantitative estimate of drug-likeness (QED) is 0.530. The van der Waals surface area contributed by atoms with Crippen LogP contribution >= 0.6 is 0 Å². The van der Waals surface area contributed by atoms with Crippen molar-refractivity contribution in [2.75, 3.05) is 0 Å². The van der Waals surface area contributed by atoms with E-state index in [4.69, 9.17) is 4.42 Å². The summed E-state index contributed by atoms with van der Waals surface area (Å²) < 4.78 is 5.57. The average Bonchev–Trinajstić information content (AvgIpc) is 3.32. The molecule has 0 fully saturated rings. The largest absolute Gasteiger partial charge is 0.421 e. The zero-order valence-corrected chi connectivity index (χ0v) is 14.6. The summed E-state index contributed by atoms with van der Waals surface area (Å²) in [7, 11) is 0. The number of benzene rings is 1. The molecular weight excluding hydrogens is 344 g/mol. The van der Waals surface area contributed by atoms with Crippen molar-refractivity contribution in [2.45, 2.75) is 13.5 Å². The summed E-state index contributed by atoms with van der Waals surface area (Å²) in [5.74, 6) is 0.673. The first kappa shape index (κ1) is 16.6. The molecule has 0 saturated heterocycles. The maximum atomic E-state index is 11.4. The van der Waals surface area contributed by atoms with Crippen LogP contribution in [0.25, 0.3) is 33.7 Å². The van der Waals surface area contributed by atoms with Crippen LogP contribution in [0.1, 0.15) is 11.5 Å². The molecule has 134 valence electrons. The lowest BCUT2D eigenvalue weighted by Crippen LogP contribution is -2.19. The molecule has 0 unspecified atom stereocenters. The van der Waals surface area contributed by atoms with Gasteiger partial charge in [-0.3, -0.25) is 4.79 Å². The van der Waals surface area contributed by atoms with Crippen LogP contribution in [0, 0.1) is 6.92 Å². The van der Waals surface area contributed by atoms with Crippen LogP contribution in [0.5, 0.6) is 0 Å². The van der Waals surface area contributed by atoms with Gasteiger partial charge in [0.2, 0.25) is 17.7 Å². The molecule has 8 nitrogen and oxygen atoms in total. The number of H-pyrrole nitrogens is 1. The molecule has 0 aliphatic heterocycles. The van der Waals surface area contributed by atoms with E-state index in [0.717, 1.165) is 27.8 Å². The maximum Gasteiger partial charge on any atom is 0.250 e. The van der Waals surface area contributed by atoms with Crippen LogP contribution in [-0.2, 0) is 11.3 Å². The van der Waals surface area contributed by atoms with Crippen LogP contribution in [0.4, 0.5) is 0 Å². The molecule has 0 spiro atoms. The molecule has 1 amide bonds. The van der Waals surface area contributed by atoms with Crippen molar-refractivity contribution in [1.29, 1.82) is 0 Å². The van der Waals surface area contributed by atoms with Gasteiger partial charge < -0.3 is 14.7 Å². The molecule has 8 heteroatoms. The molecular formula is C19H16N6O2. The summed E-state index contributed by atoms with van der Waals surface area (Å²) in [5, 5.41) is 11.6. The Morgan fingerprint density at radius 1 is 1.33 bits per heavy atom.